The van der Waals surface area contributed by atoms with Gasteiger partial charge in [-0.15, -0.1) is 0 Å². The normalized spacial score (nSPS) is 14.6. The van der Waals surface area contributed by atoms with Crippen molar-refractivity contribution in [2.75, 3.05) is 38.0 Å². The third-order valence-corrected chi connectivity index (χ3v) is 5.96. The Morgan fingerprint density at radius 3 is 2.38 bits per heavy atom. The van der Waals surface area contributed by atoms with Crippen molar-refractivity contribution < 1.29 is 14.0 Å². The summed E-state index contributed by atoms with van der Waals surface area (Å²) in [5.41, 5.74) is 4.17. The number of carbonyl (C=O) groups excluding carboxylic acids is 2. The van der Waals surface area contributed by atoms with Crippen molar-refractivity contribution in [1.82, 2.24) is 14.4 Å². The second kappa shape index (κ2) is 9.40. The highest BCUT2D eigenvalue weighted by Gasteiger charge is 2.23. The van der Waals surface area contributed by atoms with Crippen LogP contribution in [0.1, 0.15) is 17.5 Å². The van der Waals surface area contributed by atoms with E-state index in [2.05, 4.69) is 10.2 Å². The van der Waals surface area contributed by atoms with Crippen molar-refractivity contribution in [3.05, 3.63) is 64.1 Å². The Labute approximate surface area is 186 Å². The summed E-state index contributed by atoms with van der Waals surface area (Å²) in [6.45, 7) is 6.95. The van der Waals surface area contributed by atoms with Crippen molar-refractivity contribution in [2.24, 2.45) is 0 Å². The standard InChI is InChI=1S/C24H28N4O4/c1-17-6-5-7-18(2)23(17)25-21(29)16-26-12-14-27(15-13-26)22(30)10-11-28-19-8-3-4-9-20(19)32-24(28)31/h3-9H,10-16H2,1-2H3,(H,25,29). The van der Waals surface area contributed by atoms with Crippen LogP contribution in [0.15, 0.2) is 51.7 Å². The van der Waals surface area contributed by atoms with E-state index in [1.54, 1.807) is 11.0 Å². The second-order valence-corrected chi connectivity index (χ2v) is 8.21. The molecular formula is C24H28N4O4. The first kappa shape index (κ1) is 21.8. The van der Waals surface area contributed by atoms with Crippen LogP contribution in [0.3, 0.4) is 0 Å². The first-order valence-electron chi connectivity index (χ1n) is 10.9. The largest absolute Gasteiger partial charge is 0.419 e. The number of carbonyl (C=O) groups is 2. The zero-order chi connectivity index (χ0) is 22.7. The number of hydrogen-bond donors (Lipinski definition) is 1. The molecule has 0 aliphatic carbocycles. The van der Waals surface area contributed by atoms with E-state index in [0.29, 0.717) is 43.8 Å². The number of nitrogens with zero attached hydrogens (tertiary/aromatic N) is 3. The molecule has 1 aromatic heterocycles. The van der Waals surface area contributed by atoms with E-state index >= 15 is 0 Å². The molecule has 8 heteroatoms. The van der Waals surface area contributed by atoms with Gasteiger partial charge in [-0.25, -0.2) is 4.79 Å². The molecule has 2 aromatic carbocycles. The van der Waals surface area contributed by atoms with E-state index in [9.17, 15) is 14.4 Å². The molecule has 1 N–H and O–H groups in total. The third-order valence-electron chi connectivity index (χ3n) is 5.96. The Hall–Kier alpha value is -3.39. The third kappa shape index (κ3) is 4.75. The Morgan fingerprint density at radius 2 is 1.66 bits per heavy atom. The molecule has 168 valence electrons. The van der Waals surface area contributed by atoms with Gasteiger partial charge in [-0.05, 0) is 37.1 Å². The van der Waals surface area contributed by atoms with E-state index < -0.39 is 5.76 Å². The van der Waals surface area contributed by atoms with Gasteiger partial charge in [0.1, 0.15) is 0 Å². The van der Waals surface area contributed by atoms with Crippen LogP contribution in [0.5, 0.6) is 0 Å². The first-order valence-corrected chi connectivity index (χ1v) is 10.9. The topological polar surface area (TPSA) is 87.8 Å². The number of amides is 2. The molecule has 0 bridgehead atoms. The lowest BCUT2D eigenvalue weighted by Gasteiger charge is -2.34. The molecular weight excluding hydrogens is 408 g/mol. The second-order valence-electron chi connectivity index (χ2n) is 8.21. The highest BCUT2D eigenvalue weighted by molar-refractivity contribution is 5.93. The van der Waals surface area contributed by atoms with E-state index in [-0.39, 0.29) is 24.8 Å². The van der Waals surface area contributed by atoms with Gasteiger partial charge in [-0.2, -0.15) is 0 Å². The molecule has 1 aliphatic heterocycles. The Kier molecular flexibility index (Phi) is 6.41. The SMILES string of the molecule is Cc1cccc(C)c1NC(=O)CN1CCN(C(=O)CCn2c(=O)oc3ccccc32)CC1. The minimum absolute atomic E-state index is 0.00168. The Bertz CT molecular complexity index is 1170. The van der Waals surface area contributed by atoms with E-state index in [1.165, 1.54) is 4.57 Å². The Morgan fingerprint density at radius 1 is 0.969 bits per heavy atom. The molecule has 2 amide bonds. The fourth-order valence-corrected chi connectivity index (χ4v) is 4.14. The predicted molar refractivity (Wildman–Crippen MR) is 123 cm³/mol. The smallest absolute Gasteiger partial charge is 0.408 e. The van der Waals surface area contributed by atoms with E-state index in [0.717, 1.165) is 16.8 Å². The van der Waals surface area contributed by atoms with Crippen LogP contribution in [-0.4, -0.2) is 58.9 Å². The summed E-state index contributed by atoms with van der Waals surface area (Å²) in [7, 11) is 0. The lowest BCUT2D eigenvalue weighted by atomic mass is 10.1. The minimum Gasteiger partial charge on any atom is -0.408 e. The molecule has 32 heavy (non-hydrogen) atoms. The maximum absolute atomic E-state index is 12.7. The molecule has 2 heterocycles. The fourth-order valence-electron chi connectivity index (χ4n) is 4.14. The number of para-hydroxylation sites is 3. The maximum atomic E-state index is 12.7. The number of anilines is 1. The predicted octanol–water partition coefficient (Wildman–Crippen LogP) is 2.38. The van der Waals surface area contributed by atoms with Gasteiger partial charge in [-0.3, -0.25) is 19.1 Å². The quantitative estimate of drug-likeness (QED) is 0.641. The number of hydrogen-bond acceptors (Lipinski definition) is 5. The zero-order valence-corrected chi connectivity index (χ0v) is 18.5. The van der Waals surface area contributed by atoms with Crippen molar-refractivity contribution in [3.8, 4) is 0 Å². The molecule has 0 unspecified atom stereocenters. The molecule has 0 atom stereocenters. The van der Waals surface area contributed by atoms with Crippen LogP contribution in [-0.2, 0) is 16.1 Å². The van der Waals surface area contributed by atoms with Crippen LogP contribution in [0.4, 0.5) is 5.69 Å². The Balaban J connectivity index is 1.26. The molecule has 4 rings (SSSR count). The van der Waals surface area contributed by atoms with Gasteiger partial charge < -0.3 is 14.6 Å². The van der Waals surface area contributed by atoms with E-state index in [4.69, 9.17) is 4.42 Å². The van der Waals surface area contributed by atoms with Crippen molar-refractivity contribution in [2.45, 2.75) is 26.8 Å². The van der Waals surface area contributed by atoms with Crippen LogP contribution in [0.2, 0.25) is 0 Å². The number of benzene rings is 2. The molecule has 0 saturated carbocycles. The fraction of sp³-hybridized carbons (Fsp3) is 0.375. The molecule has 8 nitrogen and oxygen atoms in total. The van der Waals surface area contributed by atoms with Gasteiger partial charge >= 0.3 is 5.76 Å². The summed E-state index contributed by atoms with van der Waals surface area (Å²) in [4.78, 5) is 41.1. The van der Waals surface area contributed by atoms with Crippen LogP contribution in [0.25, 0.3) is 11.1 Å². The average molecular weight is 437 g/mol. The number of oxazole rings is 1. The molecule has 1 saturated heterocycles. The highest BCUT2D eigenvalue weighted by Crippen LogP contribution is 2.19. The van der Waals surface area contributed by atoms with Crippen molar-refractivity contribution >= 4 is 28.6 Å². The first-order chi connectivity index (χ1) is 15.4. The zero-order valence-electron chi connectivity index (χ0n) is 18.5. The number of piperazine rings is 1. The summed E-state index contributed by atoms with van der Waals surface area (Å²) in [5, 5.41) is 3.01. The summed E-state index contributed by atoms with van der Waals surface area (Å²) < 4.78 is 6.72. The maximum Gasteiger partial charge on any atom is 0.419 e. The highest BCUT2D eigenvalue weighted by atomic mass is 16.4. The van der Waals surface area contributed by atoms with E-state index in [1.807, 2.05) is 50.2 Å². The summed E-state index contributed by atoms with van der Waals surface area (Å²) in [6, 6.07) is 13.1. The summed E-state index contributed by atoms with van der Waals surface area (Å²) in [6.07, 6.45) is 0.233. The number of fused-ring (bicyclic) bond motifs is 1. The van der Waals surface area contributed by atoms with Crippen molar-refractivity contribution in [3.63, 3.8) is 0 Å². The molecule has 1 fully saturated rings. The van der Waals surface area contributed by atoms with Gasteiger partial charge in [0.15, 0.2) is 5.58 Å². The summed E-state index contributed by atoms with van der Waals surface area (Å²) in [5.74, 6) is -0.492. The van der Waals surface area contributed by atoms with Gasteiger partial charge in [-0.1, -0.05) is 30.3 Å². The van der Waals surface area contributed by atoms with Crippen LogP contribution < -0.4 is 11.1 Å². The number of aromatic nitrogens is 1. The van der Waals surface area contributed by atoms with Crippen molar-refractivity contribution in [1.29, 1.82) is 0 Å². The lowest BCUT2D eigenvalue weighted by molar-refractivity contribution is -0.133. The molecule has 0 spiro atoms. The monoisotopic (exact) mass is 436 g/mol. The number of rotatable bonds is 6. The number of nitrogens with one attached hydrogen (secondary N) is 1. The van der Waals surface area contributed by atoms with Gasteiger partial charge in [0.05, 0.1) is 12.1 Å². The molecule has 0 radical (unpaired) electrons. The average Bonchev–Trinajstić information content (AvgIpc) is 3.10. The minimum atomic E-state index is -0.446. The molecule has 1 aliphatic rings. The van der Waals surface area contributed by atoms with Crippen LogP contribution >= 0.6 is 0 Å². The molecule has 3 aromatic rings. The van der Waals surface area contributed by atoms with Gasteiger partial charge in [0.2, 0.25) is 11.8 Å². The summed E-state index contributed by atoms with van der Waals surface area (Å²) >= 11 is 0. The lowest BCUT2D eigenvalue weighted by Crippen LogP contribution is -2.50. The number of aryl methyl sites for hydroxylation is 3. The van der Waals surface area contributed by atoms with Gasteiger partial charge in [0.25, 0.3) is 0 Å². The van der Waals surface area contributed by atoms with Crippen LogP contribution in [0, 0.1) is 13.8 Å². The van der Waals surface area contributed by atoms with Gasteiger partial charge in [0, 0.05) is 44.8 Å².